The van der Waals surface area contributed by atoms with Crippen molar-refractivity contribution in [3.05, 3.63) is 18.3 Å². The number of anilines is 1. The molecular formula is C12H20N4O3S. The topological polar surface area (TPSA) is 96.6 Å². The first-order valence-corrected chi connectivity index (χ1v) is 7.72. The molecule has 0 aliphatic heterocycles. The third-order valence-electron chi connectivity index (χ3n) is 2.94. The first-order valence-electron chi connectivity index (χ1n) is 6.28. The summed E-state index contributed by atoms with van der Waals surface area (Å²) >= 11 is 0. The number of carbonyl (C=O) groups is 1. The lowest BCUT2D eigenvalue weighted by Gasteiger charge is -2.22. The molecule has 20 heavy (non-hydrogen) atoms. The van der Waals surface area contributed by atoms with E-state index in [0.29, 0.717) is 13.1 Å². The number of amides is 1. The molecule has 0 spiro atoms. The quantitative estimate of drug-likeness (QED) is 0.807. The number of nitrogen functional groups attached to an aromatic ring is 1. The Morgan fingerprint density at radius 2 is 1.90 bits per heavy atom. The summed E-state index contributed by atoms with van der Waals surface area (Å²) in [6, 6.07) is 2.78. The van der Waals surface area contributed by atoms with Gasteiger partial charge in [-0.1, -0.05) is 0 Å². The van der Waals surface area contributed by atoms with Crippen molar-refractivity contribution >= 4 is 21.7 Å². The van der Waals surface area contributed by atoms with Crippen molar-refractivity contribution in [3.63, 3.8) is 0 Å². The first-order chi connectivity index (χ1) is 9.32. The van der Waals surface area contributed by atoms with E-state index in [-0.39, 0.29) is 23.2 Å². The summed E-state index contributed by atoms with van der Waals surface area (Å²) in [7, 11) is -2.36. The fraction of sp³-hybridized carbons (Fsp3) is 0.500. The molecule has 0 fully saturated rings. The van der Waals surface area contributed by atoms with Crippen LogP contribution in [-0.4, -0.2) is 55.2 Å². The van der Waals surface area contributed by atoms with Crippen LogP contribution < -0.4 is 5.73 Å². The molecule has 0 aliphatic rings. The second kappa shape index (κ2) is 6.67. The van der Waals surface area contributed by atoms with E-state index in [1.807, 2.05) is 13.8 Å². The molecule has 0 aromatic carbocycles. The van der Waals surface area contributed by atoms with Crippen LogP contribution in [0.15, 0.2) is 23.2 Å². The second-order valence-corrected chi connectivity index (χ2v) is 6.29. The van der Waals surface area contributed by atoms with Crippen LogP contribution in [0.3, 0.4) is 0 Å². The Kier molecular flexibility index (Phi) is 5.46. The lowest BCUT2D eigenvalue weighted by Crippen LogP contribution is -2.41. The number of hydrogen-bond acceptors (Lipinski definition) is 5. The van der Waals surface area contributed by atoms with Crippen molar-refractivity contribution in [2.45, 2.75) is 18.7 Å². The lowest BCUT2D eigenvalue weighted by molar-refractivity contribution is -0.130. The number of pyridine rings is 1. The van der Waals surface area contributed by atoms with Crippen LogP contribution in [-0.2, 0) is 14.8 Å². The highest BCUT2D eigenvalue weighted by atomic mass is 32.2. The predicted molar refractivity (Wildman–Crippen MR) is 76.4 cm³/mol. The van der Waals surface area contributed by atoms with Gasteiger partial charge in [0.25, 0.3) is 0 Å². The summed E-state index contributed by atoms with van der Waals surface area (Å²) < 4.78 is 25.5. The number of hydrogen-bond donors (Lipinski definition) is 1. The van der Waals surface area contributed by atoms with Gasteiger partial charge < -0.3 is 10.6 Å². The molecule has 0 atom stereocenters. The van der Waals surface area contributed by atoms with Crippen LogP contribution >= 0.6 is 0 Å². The lowest BCUT2D eigenvalue weighted by atomic mass is 10.4. The largest absolute Gasteiger partial charge is 0.384 e. The van der Waals surface area contributed by atoms with Gasteiger partial charge in [-0.25, -0.2) is 13.4 Å². The highest BCUT2D eigenvalue weighted by molar-refractivity contribution is 7.89. The van der Waals surface area contributed by atoms with Crippen LogP contribution in [0.25, 0.3) is 0 Å². The summed E-state index contributed by atoms with van der Waals surface area (Å²) in [5.41, 5.74) is 5.42. The smallest absolute Gasteiger partial charge is 0.244 e. The van der Waals surface area contributed by atoms with Crippen molar-refractivity contribution in [1.29, 1.82) is 0 Å². The van der Waals surface area contributed by atoms with E-state index in [0.717, 1.165) is 4.31 Å². The maximum absolute atomic E-state index is 12.3. The zero-order chi connectivity index (χ0) is 15.3. The number of nitrogens with two attached hydrogens (primary N) is 1. The highest BCUT2D eigenvalue weighted by Crippen LogP contribution is 2.14. The number of rotatable bonds is 6. The Morgan fingerprint density at radius 3 is 2.35 bits per heavy atom. The molecule has 2 N–H and O–H groups in total. The van der Waals surface area contributed by atoms with E-state index < -0.39 is 10.0 Å². The molecule has 8 heteroatoms. The average molecular weight is 300 g/mol. The van der Waals surface area contributed by atoms with Gasteiger partial charge in [-0.05, 0) is 26.0 Å². The zero-order valence-electron chi connectivity index (χ0n) is 11.9. The summed E-state index contributed by atoms with van der Waals surface area (Å²) in [5.74, 6) is 0.00954. The molecule has 0 saturated carbocycles. The molecule has 0 saturated heterocycles. The molecule has 1 rings (SSSR count). The van der Waals surface area contributed by atoms with Crippen molar-refractivity contribution in [2.75, 3.05) is 32.4 Å². The molecule has 1 amide bonds. The SMILES string of the molecule is CCN(CC)C(=O)CN(C)S(=O)(=O)c1ccc(N)nc1. The summed E-state index contributed by atoms with van der Waals surface area (Å²) in [4.78, 5) is 17.3. The molecule has 0 radical (unpaired) electrons. The fourth-order valence-corrected chi connectivity index (χ4v) is 2.74. The van der Waals surface area contributed by atoms with Crippen LogP contribution in [0.5, 0.6) is 0 Å². The van der Waals surface area contributed by atoms with Crippen LogP contribution in [0.1, 0.15) is 13.8 Å². The molecular weight excluding hydrogens is 280 g/mol. The van der Waals surface area contributed by atoms with Gasteiger partial charge >= 0.3 is 0 Å². The number of nitrogens with zero attached hydrogens (tertiary/aromatic N) is 3. The average Bonchev–Trinajstić information content (AvgIpc) is 2.40. The van der Waals surface area contributed by atoms with Gasteiger partial charge in [0.2, 0.25) is 15.9 Å². The Bertz CT molecular complexity index is 553. The van der Waals surface area contributed by atoms with E-state index in [4.69, 9.17) is 5.73 Å². The van der Waals surface area contributed by atoms with E-state index >= 15 is 0 Å². The van der Waals surface area contributed by atoms with Gasteiger partial charge in [0.1, 0.15) is 10.7 Å². The second-order valence-electron chi connectivity index (χ2n) is 4.25. The molecule has 7 nitrogen and oxygen atoms in total. The van der Waals surface area contributed by atoms with E-state index in [1.54, 1.807) is 4.90 Å². The van der Waals surface area contributed by atoms with Gasteiger partial charge in [0, 0.05) is 26.3 Å². The minimum atomic E-state index is -3.73. The minimum absolute atomic E-state index is 0.0153. The molecule has 1 heterocycles. The Balaban J connectivity index is 2.87. The number of sulfonamides is 1. The Morgan fingerprint density at radius 1 is 1.30 bits per heavy atom. The number of likely N-dealkylation sites (N-methyl/N-ethyl adjacent to an activating group) is 2. The minimum Gasteiger partial charge on any atom is -0.384 e. The summed E-state index contributed by atoms with van der Waals surface area (Å²) in [6.45, 7) is 4.59. The monoisotopic (exact) mass is 300 g/mol. The first kappa shape index (κ1) is 16.4. The number of aromatic nitrogens is 1. The van der Waals surface area contributed by atoms with Gasteiger partial charge in [-0.15, -0.1) is 0 Å². The normalized spacial score (nSPS) is 11.6. The van der Waals surface area contributed by atoms with E-state index in [1.165, 1.54) is 25.4 Å². The molecule has 1 aromatic rings. The third-order valence-corrected chi connectivity index (χ3v) is 4.73. The summed E-state index contributed by atoms with van der Waals surface area (Å²) in [5, 5.41) is 0. The Labute approximate surface area is 119 Å². The van der Waals surface area contributed by atoms with E-state index in [2.05, 4.69) is 4.98 Å². The molecule has 0 unspecified atom stereocenters. The molecule has 1 aromatic heterocycles. The molecule has 0 aliphatic carbocycles. The standard InChI is InChI=1S/C12H20N4O3S/c1-4-16(5-2)12(17)9-15(3)20(18,19)10-6-7-11(13)14-8-10/h6-8H,4-5,9H2,1-3H3,(H2,13,14). The van der Waals surface area contributed by atoms with Gasteiger partial charge in [0.15, 0.2) is 0 Å². The van der Waals surface area contributed by atoms with Crippen molar-refractivity contribution in [1.82, 2.24) is 14.2 Å². The maximum atomic E-state index is 12.3. The Hall–Kier alpha value is -1.67. The zero-order valence-corrected chi connectivity index (χ0v) is 12.7. The van der Waals surface area contributed by atoms with Crippen molar-refractivity contribution < 1.29 is 13.2 Å². The predicted octanol–water partition coefficient (Wildman–Crippen LogP) is 0.153. The highest BCUT2D eigenvalue weighted by Gasteiger charge is 2.24. The van der Waals surface area contributed by atoms with Gasteiger partial charge in [-0.3, -0.25) is 4.79 Å². The third kappa shape index (κ3) is 3.67. The fourth-order valence-electron chi connectivity index (χ4n) is 1.68. The molecule has 0 bridgehead atoms. The van der Waals surface area contributed by atoms with E-state index in [9.17, 15) is 13.2 Å². The number of carbonyl (C=O) groups excluding carboxylic acids is 1. The van der Waals surface area contributed by atoms with Crippen molar-refractivity contribution in [2.24, 2.45) is 0 Å². The molecule has 112 valence electrons. The van der Waals surface area contributed by atoms with Crippen LogP contribution in [0, 0.1) is 0 Å². The summed E-state index contributed by atoms with van der Waals surface area (Å²) in [6.07, 6.45) is 1.18. The van der Waals surface area contributed by atoms with Gasteiger partial charge in [0.05, 0.1) is 6.54 Å². The maximum Gasteiger partial charge on any atom is 0.244 e. The van der Waals surface area contributed by atoms with Gasteiger partial charge in [-0.2, -0.15) is 4.31 Å². The van der Waals surface area contributed by atoms with Crippen LogP contribution in [0.2, 0.25) is 0 Å². The van der Waals surface area contributed by atoms with Crippen molar-refractivity contribution in [3.8, 4) is 0 Å². The van der Waals surface area contributed by atoms with Crippen LogP contribution in [0.4, 0.5) is 5.82 Å².